The molecule has 2 unspecified atom stereocenters. The predicted octanol–water partition coefficient (Wildman–Crippen LogP) is 23.0. The standard InChI is InChI=1S/C75H143NO8/c1-6-8-10-12-14-16-18-20-22-24-26-28-30-32-33-34-35-36-37-38-39-40-41-42-44-46-48-50-52-54-56-58-60-62-64-66-73(78)84-71(70-83-75(74(79)80)81-68-67-76(3,4)5)69-82-72(77)65-63-61-59-57-55-53-51-49-47-45-43-31-29-27-25-23-21-19-17-15-13-11-9-7-2/h18,20,24,26,71,75H,6-17,19,21-23,25,27-70H2,1-5H3/p+1/b20-18-,26-24-. The van der Waals surface area contributed by atoms with Crippen molar-refractivity contribution in [1.29, 1.82) is 0 Å². The highest BCUT2D eigenvalue weighted by atomic mass is 16.7. The van der Waals surface area contributed by atoms with E-state index in [0.29, 0.717) is 17.4 Å². The third kappa shape index (κ3) is 67.3. The van der Waals surface area contributed by atoms with Crippen LogP contribution in [0.3, 0.4) is 0 Å². The van der Waals surface area contributed by atoms with Gasteiger partial charge in [-0.05, 0) is 44.9 Å². The number of carbonyl (C=O) groups is 3. The van der Waals surface area contributed by atoms with E-state index in [1.807, 2.05) is 21.1 Å². The molecule has 0 aliphatic heterocycles. The maximum Gasteiger partial charge on any atom is 0.361 e. The van der Waals surface area contributed by atoms with Crippen molar-refractivity contribution in [1.82, 2.24) is 0 Å². The van der Waals surface area contributed by atoms with Gasteiger partial charge in [-0.25, -0.2) is 4.79 Å². The van der Waals surface area contributed by atoms with Crippen molar-refractivity contribution < 1.29 is 42.9 Å². The molecule has 0 fully saturated rings. The van der Waals surface area contributed by atoms with Crippen LogP contribution < -0.4 is 0 Å². The number of ether oxygens (including phenoxy) is 4. The van der Waals surface area contributed by atoms with Crippen molar-refractivity contribution >= 4 is 17.9 Å². The molecule has 0 rings (SSSR count). The Labute approximate surface area is 522 Å². The zero-order valence-electron chi connectivity index (χ0n) is 56.8. The van der Waals surface area contributed by atoms with E-state index >= 15 is 0 Å². The molecule has 0 aromatic carbocycles. The van der Waals surface area contributed by atoms with Crippen molar-refractivity contribution in [3.63, 3.8) is 0 Å². The summed E-state index contributed by atoms with van der Waals surface area (Å²) in [5, 5.41) is 9.75. The average Bonchev–Trinajstić information content (AvgIpc) is 3.55. The lowest BCUT2D eigenvalue weighted by Crippen LogP contribution is -2.40. The molecule has 1 N–H and O–H groups in total. The fourth-order valence-electron chi connectivity index (χ4n) is 11.3. The summed E-state index contributed by atoms with van der Waals surface area (Å²) >= 11 is 0. The van der Waals surface area contributed by atoms with Gasteiger partial charge in [0.05, 0.1) is 34.4 Å². The van der Waals surface area contributed by atoms with Crippen LogP contribution in [0, 0.1) is 0 Å². The molecule has 0 heterocycles. The van der Waals surface area contributed by atoms with Crippen molar-refractivity contribution in [3.8, 4) is 0 Å². The lowest BCUT2D eigenvalue weighted by atomic mass is 10.0. The maximum absolute atomic E-state index is 13.0. The van der Waals surface area contributed by atoms with Crippen LogP contribution in [0.5, 0.6) is 0 Å². The van der Waals surface area contributed by atoms with Gasteiger partial charge in [0, 0.05) is 12.8 Å². The van der Waals surface area contributed by atoms with Crippen molar-refractivity contribution in [3.05, 3.63) is 24.3 Å². The molecule has 0 aromatic rings. The van der Waals surface area contributed by atoms with Gasteiger partial charge in [-0.15, -0.1) is 0 Å². The summed E-state index contributed by atoms with van der Waals surface area (Å²) < 4.78 is 23.0. The Morgan fingerprint density at radius 2 is 0.643 bits per heavy atom. The van der Waals surface area contributed by atoms with Gasteiger partial charge in [0.25, 0.3) is 6.29 Å². The number of quaternary nitrogens is 1. The Bertz CT molecular complexity index is 1430. The van der Waals surface area contributed by atoms with Crippen LogP contribution in [-0.4, -0.2) is 87.4 Å². The minimum absolute atomic E-state index is 0.174. The number of nitrogens with zero attached hydrogens (tertiary/aromatic N) is 1. The number of hydrogen-bond acceptors (Lipinski definition) is 7. The third-order valence-electron chi connectivity index (χ3n) is 17.0. The predicted molar refractivity (Wildman–Crippen MR) is 360 cm³/mol. The Morgan fingerprint density at radius 3 is 0.940 bits per heavy atom. The largest absolute Gasteiger partial charge is 0.477 e. The van der Waals surface area contributed by atoms with E-state index in [-0.39, 0.29) is 38.2 Å². The van der Waals surface area contributed by atoms with E-state index in [4.69, 9.17) is 18.9 Å². The number of hydrogen-bond donors (Lipinski definition) is 1. The van der Waals surface area contributed by atoms with E-state index in [0.717, 1.165) is 44.9 Å². The van der Waals surface area contributed by atoms with Crippen LogP contribution in [0.15, 0.2) is 24.3 Å². The van der Waals surface area contributed by atoms with Crippen molar-refractivity contribution in [2.45, 2.75) is 392 Å². The highest BCUT2D eigenvalue weighted by Crippen LogP contribution is 2.19. The molecule has 496 valence electrons. The second-order valence-corrected chi connectivity index (χ2v) is 26.6. The summed E-state index contributed by atoms with van der Waals surface area (Å²) in [6.45, 7) is 4.95. The summed E-state index contributed by atoms with van der Waals surface area (Å²) in [5.74, 6) is -1.97. The Hall–Kier alpha value is -2.23. The van der Waals surface area contributed by atoms with Gasteiger partial charge in [0.1, 0.15) is 13.2 Å². The first-order chi connectivity index (χ1) is 41.1. The second kappa shape index (κ2) is 66.7. The van der Waals surface area contributed by atoms with Crippen LogP contribution >= 0.6 is 0 Å². The van der Waals surface area contributed by atoms with Crippen LogP contribution in [0.25, 0.3) is 0 Å². The topological polar surface area (TPSA) is 108 Å². The summed E-state index contributed by atoms with van der Waals surface area (Å²) in [5.41, 5.74) is 0. The number of carboxylic acids is 1. The number of likely N-dealkylation sites (N-methyl/N-ethyl adjacent to an activating group) is 1. The van der Waals surface area contributed by atoms with Gasteiger partial charge in [-0.3, -0.25) is 9.59 Å². The summed E-state index contributed by atoms with van der Waals surface area (Å²) in [6.07, 6.45) is 80.3. The molecule has 0 saturated heterocycles. The molecule has 9 nitrogen and oxygen atoms in total. The SMILES string of the molecule is CCCCCCC/C=C\C/C=C\CCCCCCCCCCCCCCCCCCCCCCCCCC(=O)OC(COC(=O)CCCCCCCCCCCCCCCCCCCCCCCCCC)COC(OCC[N+](C)(C)C)C(=O)O. The zero-order valence-corrected chi connectivity index (χ0v) is 56.8. The molecule has 0 bridgehead atoms. The van der Waals surface area contributed by atoms with Crippen LogP contribution in [0.4, 0.5) is 0 Å². The molecule has 0 aromatic heterocycles. The van der Waals surface area contributed by atoms with Gasteiger partial charge in [-0.2, -0.15) is 0 Å². The van der Waals surface area contributed by atoms with Gasteiger partial charge >= 0.3 is 17.9 Å². The first kappa shape index (κ1) is 81.8. The number of unbranched alkanes of at least 4 members (excludes halogenated alkanes) is 51. The number of carboxylic acid groups (broad SMARTS) is 1. The van der Waals surface area contributed by atoms with E-state index < -0.39 is 18.4 Å². The van der Waals surface area contributed by atoms with Gasteiger partial charge in [0.15, 0.2) is 6.10 Å². The van der Waals surface area contributed by atoms with Gasteiger partial charge < -0.3 is 28.5 Å². The lowest BCUT2D eigenvalue weighted by molar-refractivity contribution is -0.870. The number of carbonyl (C=O) groups excluding carboxylic acids is 2. The third-order valence-corrected chi connectivity index (χ3v) is 17.0. The first-order valence-electron chi connectivity index (χ1n) is 37.0. The van der Waals surface area contributed by atoms with Crippen LogP contribution in [0.1, 0.15) is 380 Å². The Kier molecular flexibility index (Phi) is 64.9. The minimum atomic E-state index is -1.51. The number of esters is 2. The smallest absolute Gasteiger partial charge is 0.361 e. The minimum Gasteiger partial charge on any atom is -0.477 e. The molecule has 0 amide bonds. The highest BCUT2D eigenvalue weighted by Gasteiger charge is 2.25. The molecular weight excluding hydrogens is 1040 g/mol. The molecule has 0 radical (unpaired) electrons. The fourth-order valence-corrected chi connectivity index (χ4v) is 11.3. The Morgan fingerprint density at radius 1 is 0.357 bits per heavy atom. The number of rotatable bonds is 70. The lowest BCUT2D eigenvalue weighted by Gasteiger charge is -2.25. The van der Waals surface area contributed by atoms with E-state index in [9.17, 15) is 19.5 Å². The monoisotopic (exact) mass is 1190 g/mol. The normalized spacial score (nSPS) is 12.7. The summed E-state index contributed by atoms with van der Waals surface area (Å²) in [6, 6.07) is 0. The molecule has 0 aliphatic rings. The highest BCUT2D eigenvalue weighted by molar-refractivity contribution is 5.71. The van der Waals surface area contributed by atoms with E-state index in [1.165, 1.54) is 308 Å². The molecule has 0 aliphatic carbocycles. The van der Waals surface area contributed by atoms with Crippen molar-refractivity contribution in [2.24, 2.45) is 0 Å². The van der Waals surface area contributed by atoms with Crippen LogP contribution in [0.2, 0.25) is 0 Å². The molecule has 0 spiro atoms. The van der Waals surface area contributed by atoms with E-state index in [2.05, 4.69) is 38.2 Å². The molecular formula is C75H144NO8+. The summed E-state index contributed by atoms with van der Waals surface area (Å²) in [4.78, 5) is 37.6. The molecule has 9 heteroatoms. The molecule has 0 saturated carbocycles. The molecule has 84 heavy (non-hydrogen) atoms. The maximum atomic E-state index is 13.0. The fraction of sp³-hybridized carbons (Fsp3) is 0.907. The van der Waals surface area contributed by atoms with Gasteiger partial charge in [-0.1, -0.05) is 346 Å². The quantitative estimate of drug-likeness (QED) is 0.0211. The van der Waals surface area contributed by atoms with E-state index in [1.54, 1.807) is 0 Å². The molecule has 2 atom stereocenters. The number of allylic oxidation sites excluding steroid dienone is 4. The van der Waals surface area contributed by atoms with Crippen LogP contribution in [-0.2, 0) is 33.3 Å². The van der Waals surface area contributed by atoms with Gasteiger partial charge in [0.2, 0.25) is 0 Å². The average molecular weight is 1190 g/mol. The van der Waals surface area contributed by atoms with Crippen molar-refractivity contribution in [2.75, 3.05) is 47.5 Å². The first-order valence-corrected chi connectivity index (χ1v) is 37.0. The second-order valence-electron chi connectivity index (χ2n) is 26.6. The zero-order chi connectivity index (χ0) is 61.2. The number of aliphatic carboxylic acids is 1. The summed E-state index contributed by atoms with van der Waals surface area (Å²) in [7, 11) is 6.00. The Balaban J connectivity index is 4.00.